The van der Waals surface area contributed by atoms with E-state index in [1.54, 1.807) is 0 Å². The molecule has 1 aromatic rings. The Bertz CT molecular complexity index is 392. The van der Waals surface area contributed by atoms with Crippen LogP contribution in [0.5, 0.6) is 0 Å². The Hall–Kier alpha value is -1.02. The van der Waals surface area contributed by atoms with Crippen molar-refractivity contribution in [1.82, 2.24) is 5.32 Å². The largest absolute Gasteiger partial charge is 0.399 e. The van der Waals surface area contributed by atoms with Crippen LogP contribution in [0.15, 0.2) is 18.2 Å². The number of rotatable bonds is 4. The lowest BCUT2D eigenvalue weighted by Gasteiger charge is -2.33. The van der Waals surface area contributed by atoms with E-state index in [2.05, 4.69) is 37.4 Å². The highest BCUT2D eigenvalue weighted by Gasteiger charge is 2.25. The minimum atomic E-state index is 0.508. The Morgan fingerprint density at radius 3 is 2.61 bits per heavy atom. The van der Waals surface area contributed by atoms with Crippen LogP contribution in [0.2, 0.25) is 0 Å². The van der Waals surface area contributed by atoms with Gasteiger partial charge in [-0.1, -0.05) is 38.3 Å². The minimum absolute atomic E-state index is 0.508. The molecule has 0 amide bonds. The molecule has 1 aromatic carbocycles. The van der Waals surface area contributed by atoms with Gasteiger partial charge in [-0.05, 0) is 42.4 Å². The summed E-state index contributed by atoms with van der Waals surface area (Å²) in [6, 6.07) is 6.36. The van der Waals surface area contributed by atoms with Crippen LogP contribution in [0, 0.1) is 12.3 Å². The highest BCUT2D eigenvalue weighted by Crippen LogP contribution is 2.34. The maximum absolute atomic E-state index is 5.93. The first-order chi connectivity index (χ1) is 8.59. The number of anilines is 1. The van der Waals surface area contributed by atoms with Crippen LogP contribution in [0.3, 0.4) is 0 Å². The molecular formula is C16H26N2. The summed E-state index contributed by atoms with van der Waals surface area (Å²) in [6.07, 6.45) is 6.96. The van der Waals surface area contributed by atoms with E-state index in [4.69, 9.17) is 5.73 Å². The standard InChI is InChI=1S/C16H26N2/c1-13-6-7-14(10-15(13)17)11-18-12-16(2)8-4-3-5-9-16/h6-7,10,18H,3-5,8-9,11-12,17H2,1-2H3. The molecule has 1 saturated carbocycles. The number of aryl methyl sites for hydroxylation is 1. The molecule has 2 nitrogen and oxygen atoms in total. The molecule has 0 bridgehead atoms. The summed E-state index contributed by atoms with van der Waals surface area (Å²) in [5.74, 6) is 0. The highest BCUT2D eigenvalue weighted by atomic mass is 14.9. The van der Waals surface area contributed by atoms with Gasteiger partial charge in [-0.25, -0.2) is 0 Å². The molecule has 0 heterocycles. The summed E-state index contributed by atoms with van der Waals surface area (Å²) in [5, 5.41) is 3.60. The maximum atomic E-state index is 5.93. The molecular weight excluding hydrogens is 220 g/mol. The van der Waals surface area contributed by atoms with Crippen LogP contribution in [-0.4, -0.2) is 6.54 Å². The fraction of sp³-hybridized carbons (Fsp3) is 0.625. The van der Waals surface area contributed by atoms with Gasteiger partial charge in [0, 0.05) is 18.8 Å². The van der Waals surface area contributed by atoms with E-state index in [-0.39, 0.29) is 0 Å². The predicted molar refractivity (Wildman–Crippen MR) is 78.5 cm³/mol. The topological polar surface area (TPSA) is 38.0 Å². The fourth-order valence-electron chi connectivity index (χ4n) is 2.89. The third-order valence-corrected chi connectivity index (χ3v) is 4.29. The molecule has 0 aromatic heterocycles. The van der Waals surface area contributed by atoms with Crippen molar-refractivity contribution in [2.45, 2.75) is 52.5 Å². The second-order valence-corrected chi connectivity index (χ2v) is 6.17. The number of benzene rings is 1. The first-order valence-corrected chi connectivity index (χ1v) is 7.15. The molecule has 1 fully saturated rings. The monoisotopic (exact) mass is 246 g/mol. The summed E-state index contributed by atoms with van der Waals surface area (Å²) < 4.78 is 0. The quantitative estimate of drug-likeness (QED) is 0.796. The van der Waals surface area contributed by atoms with Crippen molar-refractivity contribution in [2.24, 2.45) is 5.41 Å². The van der Waals surface area contributed by atoms with Crippen LogP contribution < -0.4 is 11.1 Å². The Labute approximate surface area is 111 Å². The molecule has 0 atom stereocenters. The summed E-state index contributed by atoms with van der Waals surface area (Å²) in [5.41, 5.74) is 9.80. The number of hydrogen-bond donors (Lipinski definition) is 2. The smallest absolute Gasteiger partial charge is 0.0346 e. The molecule has 2 heteroatoms. The molecule has 18 heavy (non-hydrogen) atoms. The molecule has 0 saturated heterocycles. The lowest BCUT2D eigenvalue weighted by molar-refractivity contribution is 0.207. The number of nitrogens with two attached hydrogens (primary N) is 1. The Balaban J connectivity index is 1.82. The van der Waals surface area contributed by atoms with E-state index in [1.165, 1.54) is 37.7 Å². The predicted octanol–water partition coefficient (Wildman–Crippen LogP) is 3.64. The van der Waals surface area contributed by atoms with E-state index in [1.807, 2.05) is 0 Å². The lowest BCUT2D eigenvalue weighted by atomic mass is 9.76. The molecule has 0 unspecified atom stereocenters. The van der Waals surface area contributed by atoms with E-state index in [0.29, 0.717) is 5.41 Å². The van der Waals surface area contributed by atoms with E-state index in [9.17, 15) is 0 Å². The molecule has 100 valence electrons. The van der Waals surface area contributed by atoms with Crippen LogP contribution in [0.25, 0.3) is 0 Å². The molecule has 0 radical (unpaired) electrons. The van der Waals surface area contributed by atoms with Gasteiger partial charge in [0.25, 0.3) is 0 Å². The van der Waals surface area contributed by atoms with Crippen LogP contribution in [-0.2, 0) is 6.54 Å². The van der Waals surface area contributed by atoms with Gasteiger partial charge in [-0.15, -0.1) is 0 Å². The van der Waals surface area contributed by atoms with Gasteiger partial charge in [-0.3, -0.25) is 0 Å². The number of hydrogen-bond acceptors (Lipinski definition) is 2. The zero-order chi connectivity index (χ0) is 13.0. The second-order valence-electron chi connectivity index (χ2n) is 6.17. The maximum Gasteiger partial charge on any atom is 0.0346 e. The van der Waals surface area contributed by atoms with Gasteiger partial charge < -0.3 is 11.1 Å². The van der Waals surface area contributed by atoms with Crippen molar-refractivity contribution in [2.75, 3.05) is 12.3 Å². The van der Waals surface area contributed by atoms with Crippen molar-refractivity contribution < 1.29 is 0 Å². The normalized spacial score (nSPS) is 18.8. The van der Waals surface area contributed by atoms with Crippen molar-refractivity contribution in [3.05, 3.63) is 29.3 Å². The summed E-state index contributed by atoms with van der Waals surface area (Å²) >= 11 is 0. The van der Waals surface area contributed by atoms with Crippen LogP contribution >= 0.6 is 0 Å². The number of nitrogens with one attached hydrogen (secondary N) is 1. The molecule has 0 aliphatic heterocycles. The Morgan fingerprint density at radius 1 is 1.22 bits per heavy atom. The van der Waals surface area contributed by atoms with E-state index < -0.39 is 0 Å². The second kappa shape index (κ2) is 5.75. The molecule has 2 rings (SSSR count). The third kappa shape index (κ3) is 3.49. The van der Waals surface area contributed by atoms with Gasteiger partial charge in [0.15, 0.2) is 0 Å². The highest BCUT2D eigenvalue weighted by molar-refractivity contribution is 5.48. The zero-order valence-electron chi connectivity index (χ0n) is 11.8. The van der Waals surface area contributed by atoms with Crippen molar-refractivity contribution in [3.8, 4) is 0 Å². The average Bonchev–Trinajstić information content (AvgIpc) is 2.34. The van der Waals surface area contributed by atoms with Gasteiger partial charge in [0.2, 0.25) is 0 Å². The first-order valence-electron chi connectivity index (χ1n) is 7.15. The fourth-order valence-corrected chi connectivity index (χ4v) is 2.89. The minimum Gasteiger partial charge on any atom is -0.399 e. The van der Waals surface area contributed by atoms with Gasteiger partial charge in [0.1, 0.15) is 0 Å². The summed E-state index contributed by atoms with van der Waals surface area (Å²) in [7, 11) is 0. The van der Waals surface area contributed by atoms with Gasteiger partial charge in [-0.2, -0.15) is 0 Å². The molecule has 1 aliphatic carbocycles. The van der Waals surface area contributed by atoms with Crippen molar-refractivity contribution in [3.63, 3.8) is 0 Å². The molecule has 1 aliphatic rings. The molecule has 0 spiro atoms. The SMILES string of the molecule is Cc1ccc(CNCC2(C)CCCCC2)cc1N. The Morgan fingerprint density at radius 2 is 1.94 bits per heavy atom. The zero-order valence-corrected chi connectivity index (χ0v) is 11.8. The Kier molecular flexibility index (Phi) is 4.28. The average molecular weight is 246 g/mol. The summed E-state index contributed by atoms with van der Waals surface area (Å²) in [4.78, 5) is 0. The lowest BCUT2D eigenvalue weighted by Crippen LogP contribution is -2.33. The first kappa shape index (κ1) is 13.4. The number of nitrogen functional groups attached to an aromatic ring is 1. The van der Waals surface area contributed by atoms with Gasteiger partial charge >= 0.3 is 0 Å². The molecule has 3 N–H and O–H groups in total. The van der Waals surface area contributed by atoms with Crippen LogP contribution in [0.4, 0.5) is 5.69 Å². The van der Waals surface area contributed by atoms with Crippen molar-refractivity contribution >= 4 is 5.69 Å². The van der Waals surface area contributed by atoms with Gasteiger partial charge in [0.05, 0.1) is 0 Å². The van der Waals surface area contributed by atoms with E-state index in [0.717, 1.165) is 24.3 Å². The van der Waals surface area contributed by atoms with Crippen molar-refractivity contribution in [1.29, 1.82) is 0 Å². The third-order valence-electron chi connectivity index (χ3n) is 4.29. The van der Waals surface area contributed by atoms with E-state index >= 15 is 0 Å². The van der Waals surface area contributed by atoms with Crippen LogP contribution in [0.1, 0.15) is 50.2 Å². The summed E-state index contributed by atoms with van der Waals surface area (Å²) in [6.45, 7) is 6.53.